The van der Waals surface area contributed by atoms with Crippen molar-refractivity contribution in [1.29, 1.82) is 0 Å². The van der Waals surface area contributed by atoms with Gasteiger partial charge in [-0.3, -0.25) is 9.59 Å². The van der Waals surface area contributed by atoms with Crippen molar-refractivity contribution in [3.8, 4) is 0 Å². The fourth-order valence-corrected chi connectivity index (χ4v) is 4.15. The predicted molar refractivity (Wildman–Crippen MR) is 113 cm³/mol. The van der Waals surface area contributed by atoms with Gasteiger partial charge in [-0.2, -0.15) is 0 Å². The number of piperidine rings is 1. The van der Waals surface area contributed by atoms with E-state index in [1.807, 2.05) is 6.92 Å². The Morgan fingerprint density at radius 3 is 2.83 bits per heavy atom. The van der Waals surface area contributed by atoms with Gasteiger partial charge in [-0.1, -0.05) is 11.6 Å². The molecular weight excluding hydrogens is 417 g/mol. The molecule has 1 saturated heterocycles. The number of amides is 2. The minimum absolute atomic E-state index is 0.0117. The van der Waals surface area contributed by atoms with Gasteiger partial charge in [0.2, 0.25) is 5.91 Å². The van der Waals surface area contributed by atoms with E-state index in [1.165, 1.54) is 6.07 Å². The van der Waals surface area contributed by atoms with Crippen molar-refractivity contribution in [3.05, 3.63) is 44.9 Å². The van der Waals surface area contributed by atoms with E-state index in [2.05, 4.69) is 10.6 Å². The van der Waals surface area contributed by atoms with Gasteiger partial charge in [0.05, 0.1) is 21.0 Å². The molecule has 0 bridgehead atoms. The number of benzene rings is 1. The summed E-state index contributed by atoms with van der Waals surface area (Å²) >= 11 is 6.96. The summed E-state index contributed by atoms with van der Waals surface area (Å²) in [6.07, 6.45) is 1.35. The lowest BCUT2D eigenvalue weighted by molar-refractivity contribution is -0.119. The van der Waals surface area contributed by atoms with E-state index in [0.717, 1.165) is 29.7 Å². The number of anilines is 2. The van der Waals surface area contributed by atoms with Crippen LogP contribution in [0.25, 0.3) is 0 Å². The summed E-state index contributed by atoms with van der Waals surface area (Å²) in [6.45, 7) is 2.50. The number of thiophene rings is 1. The van der Waals surface area contributed by atoms with Crippen LogP contribution in [0.1, 0.15) is 34.5 Å². The Kier molecular flexibility index (Phi) is 7.10. The first kappa shape index (κ1) is 21.5. The maximum absolute atomic E-state index is 14.5. The zero-order chi connectivity index (χ0) is 21.0. The van der Waals surface area contributed by atoms with E-state index in [9.17, 15) is 19.1 Å². The number of aryl methyl sites for hydroxylation is 1. The third-order valence-electron chi connectivity index (χ3n) is 4.72. The van der Waals surface area contributed by atoms with E-state index in [0.29, 0.717) is 27.9 Å². The van der Waals surface area contributed by atoms with Crippen LogP contribution >= 0.6 is 22.9 Å². The molecule has 1 atom stereocenters. The molecule has 6 nitrogen and oxygen atoms in total. The van der Waals surface area contributed by atoms with Crippen molar-refractivity contribution in [2.24, 2.45) is 0 Å². The molecule has 9 heteroatoms. The smallest absolute Gasteiger partial charge is 0.261 e. The van der Waals surface area contributed by atoms with E-state index in [4.69, 9.17) is 11.6 Å². The van der Waals surface area contributed by atoms with Crippen molar-refractivity contribution >= 4 is 46.1 Å². The average Bonchev–Trinajstić information content (AvgIpc) is 3.13. The lowest BCUT2D eigenvalue weighted by Crippen LogP contribution is -2.36. The molecular formula is C20H23ClFN3O3S. The van der Waals surface area contributed by atoms with Crippen molar-refractivity contribution in [2.75, 3.05) is 29.9 Å². The van der Waals surface area contributed by atoms with Gasteiger partial charge in [0.25, 0.3) is 5.91 Å². The summed E-state index contributed by atoms with van der Waals surface area (Å²) in [6, 6.07) is 6.23. The number of aliphatic hydroxyl groups is 1. The first-order chi connectivity index (χ1) is 13.8. The van der Waals surface area contributed by atoms with Crippen LogP contribution in [0.5, 0.6) is 0 Å². The first-order valence-electron chi connectivity index (χ1n) is 9.41. The largest absolute Gasteiger partial charge is 0.389 e. The highest BCUT2D eigenvalue weighted by molar-refractivity contribution is 7.17. The second kappa shape index (κ2) is 9.56. The van der Waals surface area contributed by atoms with Crippen LogP contribution in [-0.2, 0) is 4.79 Å². The molecule has 0 aliphatic carbocycles. The minimum atomic E-state index is -0.905. The number of halogens is 2. The van der Waals surface area contributed by atoms with Crippen LogP contribution in [0.4, 0.5) is 15.8 Å². The van der Waals surface area contributed by atoms with E-state index in [-0.39, 0.29) is 30.6 Å². The molecule has 2 aromatic rings. The summed E-state index contributed by atoms with van der Waals surface area (Å²) in [5, 5.41) is 15.6. The predicted octanol–water partition coefficient (Wildman–Crippen LogP) is 3.57. The Morgan fingerprint density at radius 1 is 1.34 bits per heavy atom. The third kappa shape index (κ3) is 5.46. The molecule has 29 heavy (non-hydrogen) atoms. The van der Waals surface area contributed by atoms with Gasteiger partial charge in [0, 0.05) is 37.8 Å². The van der Waals surface area contributed by atoms with E-state index >= 15 is 0 Å². The SMILES string of the molecule is Cc1cc(NCC(O)CNC(=O)c2ccc(Cl)s2)c(F)cc1N1CCCCC1=O. The summed E-state index contributed by atoms with van der Waals surface area (Å²) in [7, 11) is 0. The van der Waals surface area contributed by atoms with Crippen LogP contribution in [0.15, 0.2) is 24.3 Å². The van der Waals surface area contributed by atoms with Gasteiger partial charge in [0.1, 0.15) is 5.82 Å². The van der Waals surface area contributed by atoms with Gasteiger partial charge in [-0.05, 0) is 43.5 Å². The van der Waals surface area contributed by atoms with Crippen molar-refractivity contribution < 1.29 is 19.1 Å². The summed E-state index contributed by atoms with van der Waals surface area (Å²) in [5.41, 5.74) is 1.60. The van der Waals surface area contributed by atoms with Gasteiger partial charge in [-0.25, -0.2) is 4.39 Å². The number of aliphatic hydroxyl groups excluding tert-OH is 1. The first-order valence-corrected chi connectivity index (χ1v) is 10.6. The molecule has 1 aromatic heterocycles. The highest BCUT2D eigenvalue weighted by atomic mass is 35.5. The Balaban J connectivity index is 1.55. The molecule has 1 aromatic carbocycles. The Hall–Kier alpha value is -2.16. The molecule has 3 rings (SSSR count). The van der Waals surface area contributed by atoms with Crippen LogP contribution in [0.3, 0.4) is 0 Å². The van der Waals surface area contributed by atoms with Crippen LogP contribution in [0, 0.1) is 12.7 Å². The number of hydrogen-bond donors (Lipinski definition) is 3. The zero-order valence-corrected chi connectivity index (χ0v) is 17.6. The molecule has 0 spiro atoms. The molecule has 3 N–H and O–H groups in total. The molecule has 2 heterocycles. The van der Waals surface area contributed by atoms with E-state index < -0.39 is 11.9 Å². The second-order valence-corrected chi connectivity index (χ2v) is 8.68. The molecule has 1 aliphatic rings. The van der Waals surface area contributed by atoms with Crippen molar-refractivity contribution in [3.63, 3.8) is 0 Å². The molecule has 156 valence electrons. The summed E-state index contributed by atoms with van der Waals surface area (Å²) < 4.78 is 15.0. The van der Waals surface area contributed by atoms with Crippen LogP contribution in [0.2, 0.25) is 4.34 Å². The number of nitrogens with one attached hydrogen (secondary N) is 2. The standard InChI is InChI=1S/C20H23ClFN3O3S/c1-12-8-15(14(22)9-16(12)25-7-3-2-4-19(25)27)23-10-13(26)11-24-20(28)17-5-6-18(21)29-17/h5-6,8-9,13,23,26H,2-4,7,10-11H2,1H3,(H,24,28). The number of hydrogen-bond acceptors (Lipinski definition) is 5. The monoisotopic (exact) mass is 439 g/mol. The normalized spacial score (nSPS) is 15.3. The third-order valence-corrected chi connectivity index (χ3v) is 5.95. The Bertz CT molecular complexity index is 905. The van der Waals surface area contributed by atoms with Gasteiger partial charge in [-0.15, -0.1) is 11.3 Å². The van der Waals surface area contributed by atoms with Crippen molar-refractivity contribution in [1.82, 2.24) is 5.32 Å². The quantitative estimate of drug-likeness (QED) is 0.616. The van der Waals surface area contributed by atoms with Gasteiger partial charge >= 0.3 is 0 Å². The topological polar surface area (TPSA) is 81.7 Å². The van der Waals surface area contributed by atoms with Gasteiger partial charge < -0.3 is 20.6 Å². The maximum atomic E-state index is 14.5. The van der Waals surface area contributed by atoms with Crippen LogP contribution in [-0.4, -0.2) is 42.7 Å². The number of rotatable bonds is 7. The highest BCUT2D eigenvalue weighted by Crippen LogP contribution is 2.29. The van der Waals surface area contributed by atoms with Crippen LogP contribution < -0.4 is 15.5 Å². The fraction of sp³-hybridized carbons (Fsp3) is 0.400. The molecule has 1 aliphatic heterocycles. The lowest BCUT2D eigenvalue weighted by Gasteiger charge is -2.28. The summed E-state index contributed by atoms with van der Waals surface area (Å²) in [4.78, 5) is 26.2. The second-order valence-electron chi connectivity index (χ2n) is 6.97. The lowest BCUT2D eigenvalue weighted by atomic mass is 10.1. The minimum Gasteiger partial charge on any atom is -0.389 e. The molecule has 1 fully saturated rings. The summed E-state index contributed by atoms with van der Waals surface area (Å²) in [5.74, 6) is -0.801. The Labute approximate surface area is 177 Å². The number of carbonyl (C=O) groups excluding carboxylic acids is 2. The van der Waals surface area contributed by atoms with E-state index in [1.54, 1.807) is 23.1 Å². The van der Waals surface area contributed by atoms with Gasteiger partial charge in [0.15, 0.2) is 0 Å². The molecule has 2 amide bonds. The van der Waals surface area contributed by atoms with Crippen molar-refractivity contribution in [2.45, 2.75) is 32.3 Å². The Morgan fingerprint density at radius 2 is 2.14 bits per heavy atom. The highest BCUT2D eigenvalue weighted by Gasteiger charge is 2.22. The number of nitrogens with zero attached hydrogens (tertiary/aromatic N) is 1. The molecule has 0 saturated carbocycles. The zero-order valence-electron chi connectivity index (χ0n) is 16.0. The fourth-order valence-electron chi connectivity index (χ4n) is 3.19. The molecule has 1 unspecified atom stereocenters. The molecule has 0 radical (unpaired) electrons. The average molecular weight is 440 g/mol. The maximum Gasteiger partial charge on any atom is 0.261 e. The number of carbonyl (C=O) groups is 2.